The van der Waals surface area contributed by atoms with Gasteiger partial charge in [-0.3, -0.25) is 0 Å². The lowest BCUT2D eigenvalue weighted by Crippen LogP contribution is -2.23. The van der Waals surface area contributed by atoms with E-state index in [1.165, 1.54) is 24.3 Å². The number of hydrogen-bond donors (Lipinski definition) is 1. The highest BCUT2D eigenvalue weighted by Gasteiger charge is 2.16. The average Bonchev–Trinajstić information content (AvgIpc) is 2.64. The van der Waals surface area contributed by atoms with Gasteiger partial charge in [0, 0.05) is 6.54 Å². The molecule has 0 amide bonds. The summed E-state index contributed by atoms with van der Waals surface area (Å²) in [7, 11) is -2.21. The number of sulfonamides is 1. The van der Waals surface area contributed by atoms with Crippen LogP contribution in [0.15, 0.2) is 53.4 Å². The summed E-state index contributed by atoms with van der Waals surface area (Å²) in [6, 6.07) is 12.9. The van der Waals surface area contributed by atoms with E-state index in [0.29, 0.717) is 18.8 Å². The van der Waals surface area contributed by atoms with Crippen LogP contribution in [-0.2, 0) is 21.3 Å². The van der Waals surface area contributed by atoms with Crippen LogP contribution in [0.1, 0.15) is 29.3 Å². The lowest BCUT2D eigenvalue weighted by molar-refractivity contribution is 0.0505. The molecule has 0 saturated heterocycles. The molecule has 6 nitrogen and oxygen atoms in total. The zero-order valence-corrected chi connectivity index (χ0v) is 15.0. The summed E-state index contributed by atoms with van der Waals surface area (Å²) in [6.07, 6.45) is 0.700. The summed E-state index contributed by atoms with van der Waals surface area (Å²) in [5.41, 5.74) is 0.971. The zero-order valence-electron chi connectivity index (χ0n) is 14.2. The van der Waals surface area contributed by atoms with Crippen LogP contribution in [-0.4, -0.2) is 28.1 Å². The second-order valence-electron chi connectivity index (χ2n) is 5.34. The van der Waals surface area contributed by atoms with Gasteiger partial charge in [-0.25, -0.2) is 17.9 Å². The SMILES string of the molecule is CCCOC(=O)c1cccc(S(=O)(=O)NCc2cccc(OC)c2)c1. The fourth-order valence-electron chi connectivity index (χ4n) is 2.11. The molecule has 2 aromatic carbocycles. The molecule has 134 valence electrons. The van der Waals surface area contributed by atoms with Crippen molar-refractivity contribution < 1.29 is 22.7 Å². The molecular weight excluding hydrogens is 342 g/mol. The third kappa shape index (κ3) is 5.30. The molecule has 7 heteroatoms. The molecule has 0 aliphatic rings. The Kier molecular flexibility index (Phi) is 6.55. The average molecular weight is 363 g/mol. The first kappa shape index (κ1) is 19.0. The minimum absolute atomic E-state index is 0.0151. The van der Waals surface area contributed by atoms with Gasteiger partial charge in [0.25, 0.3) is 0 Å². The van der Waals surface area contributed by atoms with Gasteiger partial charge in [0.2, 0.25) is 10.0 Å². The van der Waals surface area contributed by atoms with Crippen LogP contribution in [0.4, 0.5) is 0 Å². The highest BCUT2D eigenvalue weighted by atomic mass is 32.2. The van der Waals surface area contributed by atoms with E-state index in [-0.39, 0.29) is 17.0 Å². The van der Waals surface area contributed by atoms with Crippen molar-refractivity contribution in [3.8, 4) is 5.75 Å². The molecule has 0 heterocycles. The number of ether oxygens (including phenoxy) is 2. The number of rotatable bonds is 8. The topological polar surface area (TPSA) is 81.7 Å². The summed E-state index contributed by atoms with van der Waals surface area (Å²) in [5.74, 6) is 0.115. The second-order valence-corrected chi connectivity index (χ2v) is 7.11. The molecule has 0 aliphatic heterocycles. The van der Waals surface area contributed by atoms with Crippen LogP contribution >= 0.6 is 0 Å². The normalized spacial score (nSPS) is 11.1. The Morgan fingerprint density at radius 2 is 1.88 bits per heavy atom. The number of carbonyl (C=O) groups is 1. The van der Waals surface area contributed by atoms with E-state index in [0.717, 1.165) is 5.56 Å². The highest BCUT2D eigenvalue weighted by molar-refractivity contribution is 7.89. The van der Waals surface area contributed by atoms with Crippen molar-refractivity contribution in [1.82, 2.24) is 4.72 Å². The zero-order chi connectivity index (χ0) is 18.3. The smallest absolute Gasteiger partial charge is 0.338 e. The van der Waals surface area contributed by atoms with E-state index in [1.807, 2.05) is 6.92 Å². The Morgan fingerprint density at radius 3 is 2.60 bits per heavy atom. The Bertz CT molecular complexity index is 833. The van der Waals surface area contributed by atoms with Crippen LogP contribution in [0.2, 0.25) is 0 Å². The molecule has 0 fully saturated rings. The molecule has 0 radical (unpaired) electrons. The molecule has 0 aliphatic carbocycles. The van der Waals surface area contributed by atoms with E-state index in [9.17, 15) is 13.2 Å². The van der Waals surface area contributed by atoms with Crippen LogP contribution in [0.5, 0.6) is 5.75 Å². The second kappa shape index (κ2) is 8.64. The standard InChI is InChI=1S/C18H21NO5S/c1-3-10-24-18(20)15-7-5-9-17(12-15)25(21,22)19-13-14-6-4-8-16(11-14)23-2/h4-9,11-12,19H,3,10,13H2,1-2H3. The van der Waals surface area contributed by atoms with Gasteiger partial charge in [0.1, 0.15) is 5.75 Å². The van der Waals surface area contributed by atoms with Crippen LogP contribution in [0.3, 0.4) is 0 Å². The molecule has 25 heavy (non-hydrogen) atoms. The van der Waals surface area contributed by atoms with E-state index in [1.54, 1.807) is 31.4 Å². The van der Waals surface area contributed by atoms with Gasteiger partial charge >= 0.3 is 5.97 Å². The molecule has 0 unspecified atom stereocenters. The summed E-state index contributed by atoms with van der Waals surface area (Å²) in [4.78, 5) is 11.9. The molecule has 0 aromatic heterocycles. The monoisotopic (exact) mass is 363 g/mol. The van der Waals surface area contributed by atoms with Crippen molar-refractivity contribution >= 4 is 16.0 Å². The molecule has 0 atom stereocenters. The fourth-order valence-corrected chi connectivity index (χ4v) is 3.18. The molecule has 1 N–H and O–H groups in total. The number of esters is 1. The lowest BCUT2D eigenvalue weighted by atomic mass is 10.2. The third-order valence-corrected chi connectivity index (χ3v) is 4.82. The Hall–Kier alpha value is -2.38. The maximum Gasteiger partial charge on any atom is 0.338 e. The van der Waals surface area contributed by atoms with Crippen molar-refractivity contribution in [3.63, 3.8) is 0 Å². The van der Waals surface area contributed by atoms with Gasteiger partial charge in [-0.2, -0.15) is 0 Å². The first-order chi connectivity index (χ1) is 12.0. The fraction of sp³-hybridized carbons (Fsp3) is 0.278. The number of carbonyl (C=O) groups excluding carboxylic acids is 1. The highest BCUT2D eigenvalue weighted by Crippen LogP contribution is 2.15. The molecule has 2 rings (SSSR count). The quantitative estimate of drug-likeness (QED) is 0.729. The maximum absolute atomic E-state index is 12.5. The minimum atomic E-state index is -3.75. The maximum atomic E-state index is 12.5. The molecule has 0 bridgehead atoms. The van der Waals surface area contributed by atoms with Crippen molar-refractivity contribution in [2.45, 2.75) is 24.8 Å². The van der Waals surface area contributed by atoms with Gasteiger partial charge in [-0.1, -0.05) is 25.1 Å². The number of nitrogens with one attached hydrogen (secondary N) is 1. The Morgan fingerprint density at radius 1 is 1.12 bits per heavy atom. The van der Waals surface area contributed by atoms with Crippen LogP contribution < -0.4 is 9.46 Å². The van der Waals surface area contributed by atoms with Crippen molar-refractivity contribution in [3.05, 3.63) is 59.7 Å². The summed E-state index contributed by atoms with van der Waals surface area (Å²) in [5, 5.41) is 0. The number of methoxy groups -OCH3 is 1. The number of benzene rings is 2. The summed E-state index contributed by atoms with van der Waals surface area (Å²) in [6.45, 7) is 2.30. The first-order valence-corrected chi connectivity index (χ1v) is 9.34. The van der Waals surface area contributed by atoms with Gasteiger partial charge in [-0.05, 0) is 42.3 Å². The predicted octanol–water partition coefficient (Wildman–Crippen LogP) is 2.74. The van der Waals surface area contributed by atoms with Crippen LogP contribution in [0, 0.1) is 0 Å². The van der Waals surface area contributed by atoms with E-state index >= 15 is 0 Å². The van der Waals surface area contributed by atoms with Crippen LogP contribution in [0.25, 0.3) is 0 Å². The third-order valence-electron chi connectivity index (χ3n) is 3.42. The van der Waals surface area contributed by atoms with Gasteiger partial charge in [0.15, 0.2) is 0 Å². The van der Waals surface area contributed by atoms with Crippen molar-refractivity contribution in [1.29, 1.82) is 0 Å². The molecule has 2 aromatic rings. The van der Waals surface area contributed by atoms with E-state index in [4.69, 9.17) is 9.47 Å². The van der Waals surface area contributed by atoms with Gasteiger partial charge in [0.05, 0.1) is 24.2 Å². The summed E-state index contributed by atoms with van der Waals surface area (Å²) >= 11 is 0. The van der Waals surface area contributed by atoms with Crippen molar-refractivity contribution in [2.24, 2.45) is 0 Å². The molecule has 0 saturated carbocycles. The summed E-state index contributed by atoms with van der Waals surface area (Å²) < 4.78 is 37.6. The van der Waals surface area contributed by atoms with E-state index in [2.05, 4.69) is 4.72 Å². The Balaban J connectivity index is 2.12. The largest absolute Gasteiger partial charge is 0.497 e. The first-order valence-electron chi connectivity index (χ1n) is 7.86. The predicted molar refractivity (Wildman–Crippen MR) is 94.0 cm³/mol. The van der Waals surface area contributed by atoms with E-state index < -0.39 is 16.0 Å². The van der Waals surface area contributed by atoms with Gasteiger partial charge in [-0.15, -0.1) is 0 Å². The lowest BCUT2D eigenvalue weighted by Gasteiger charge is -2.09. The minimum Gasteiger partial charge on any atom is -0.497 e. The molecular formula is C18H21NO5S. The van der Waals surface area contributed by atoms with Gasteiger partial charge < -0.3 is 9.47 Å². The molecule has 0 spiro atoms. The van der Waals surface area contributed by atoms with Crippen molar-refractivity contribution in [2.75, 3.05) is 13.7 Å². The number of hydrogen-bond acceptors (Lipinski definition) is 5. The Labute approximate surface area is 147 Å².